The van der Waals surface area contributed by atoms with Crippen molar-refractivity contribution >= 4 is 56.5 Å². The fourth-order valence-corrected chi connectivity index (χ4v) is 5.60. The van der Waals surface area contributed by atoms with E-state index in [4.69, 9.17) is 28.9 Å². The summed E-state index contributed by atoms with van der Waals surface area (Å²) in [6.07, 6.45) is 0. The summed E-state index contributed by atoms with van der Waals surface area (Å²) in [7, 11) is 5.71. The van der Waals surface area contributed by atoms with E-state index in [2.05, 4.69) is 0 Å². The molecular weight excluding hydrogens is 476 g/mol. The van der Waals surface area contributed by atoms with E-state index >= 15 is 0 Å². The van der Waals surface area contributed by atoms with Gasteiger partial charge in [0.25, 0.3) is 0 Å². The van der Waals surface area contributed by atoms with Gasteiger partial charge in [-0.1, -0.05) is 0 Å². The lowest BCUT2D eigenvalue weighted by molar-refractivity contribution is 0.0560. The van der Waals surface area contributed by atoms with Crippen molar-refractivity contribution in [2.45, 2.75) is 0 Å². The second kappa shape index (κ2) is 10.1. The first-order chi connectivity index (χ1) is 16.5. The van der Waals surface area contributed by atoms with Crippen LogP contribution in [0.1, 0.15) is 30.5 Å². The van der Waals surface area contributed by atoms with Crippen molar-refractivity contribution in [2.24, 2.45) is 9.98 Å². The first-order valence-corrected chi connectivity index (χ1v) is 11.6. The lowest BCUT2D eigenvalue weighted by Crippen LogP contribution is -2.12. The molecule has 0 aliphatic carbocycles. The van der Waals surface area contributed by atoms with Gasteiger partial charge in [0.05, 0.1) is 50.3 Å². The predicted octanol–water partition coefficient (Wildman–Crippen LogP) is 5.24. The van der Waals surface area contributed by atoms with Gasteiger partial charge in [0.1, 0.15) is 26.5 Å². The first kappa shape index (κ1) is 23.5. The Bertz CT molecular complexity index is 1290. The third-order valence-electron chi connectivity index (χ3n) is 4.88. The summed E-state index contributed by atoms with van der Waals surface area (Å²) in [5.41, 5.74) is 1.97. The smallest absolute Gasteiger partial charge is 0.348 e. The van der Waals surface area contributed by atoms with E-state index in [-0.39, 0.29) is 10.4 Å². The Kier molecular flexibility index (Phi) is 6.99. The molecule has 0 bridgehead atoms. The second-order valence-corrected chi connectivity index (χ2v) is 8.82. The quantitative estimate of drug-likeness (QED) is 0.431. The molecule has 174 valence electrons. The summed E-state index contributed by atoms with van der Waals surface area (Å²) in [4.78, 5) is 35.5. The Hall–Kier alpha value is -3.63. The Morgan fingerprint density at radius 3 is 1.68 bits per heavy atom. The van der Waals surface area contributed by atoms with E-state index in [0.717, 1.165) is 11.3 Å². The molecule has 0 radical (unpaired) electrons. The average molecular weight is 497 g/mol. The lowest BCUT2D eigenvalue weighted by atomic mass is 10.1. The van der Waals surface area contributed by atoms with Crippen LogP contribution in [-0.4, -0.2) is 50.5 Å². The van der Waals surface area contributed by atoms with Gasteiger partial charge in [0, 0.05) is 5.56 Å². The van der Waals surface area contributed by atoms with Crippen LogP contribution in [0.25, 0.3) is 0 Å². The van der Waals surface area contributed by atoms with Crippen molar-refractivity contribution in [1.82, 2.24) is 0 Å². The number of carbonyl (C=O) groups is 2. The number of fused-ring (bicyclic) bond motifs is 1. The number of thiophene rings is 1. The summed E-state index contributed by atoms with van der Waals surface area (Å²) in [6, 6.07) is 14.4. The molecule has 0 spiro atoms. The van der Waals surface area contributed by atoms with E-state index in [1.165, 1.54) is 26.0 Å². The largest absolute Gasteiger partial charge is 0.497 e. The number of hydrogen-bond donors (Lipinski definition) is 0. The standard InChI is InChI=1S/C24H20N2O6S2/c1-29-15-9-5-13(6-10-15)25-21-17-18(23(27)31-3)20(24(28)32-4)33-19(17)22(34-21)26-14-7-11-16(30-2)12-8-14/h5-12H,1-4H3. The molecule has 1 aliphatic heterocycles. The third kappa shape index (κ3) is 4.55. The minimum absolute atomic E-state index is 0.119. The molecule has 3 aromatic rings. The predicted molar refractivity (Wildman–Crippen MR) is 133 cm³/mol. The van der Waals surface area contributed by atoms with Gasteiger partial charge in [-0.25, -0.2) is 19.6 Å². The summed E-state index contributed by atoms with van der Waals surface area (Å²) >= 11 is 2.44. The van der Waals surface area contributed by atoms with Crippen LogP contribution < -0.4 is 9.47 Å². The molecular formula is C24H20N2O6S2. The van der Waals surface area contributed by atoms with Gasteiger partial charge in [-0.05, 0) is 60.3 Å². The number of ether oxygens (including phenoxy) is 4. The maximum atomic E-state index is 12.7. The van der Waals surface area contributed by atoms with Crippen LogP contribution in [0.5, 0.6) is 11.5 Å². The Morgan fingerprint density at radius 1 is 0.706 bits per heavy atom. The topological polar surface area (TPSA) is 95.8 Å². The Labute approximate surface area is 204 Å². The van der Waals surface area contributed by atoms with Gasteiger partial charge in [0.15, 0.2) is 0 Å². The molecule has 0 N–H and O–H groups in total. The van der Waals surface area contributed by atoms with Gasteiger partial charge < -0.3 is 18.9 Å². The van der Waals surface area contributed by atoms with Gasteiger partial charge in [-0.3, -0.25) is 0 Å². The molecule has 34 heavy (non-hydrogen) atoms. The Balaban J connectivity index is 1.89. The van der Waals surface area contributed by atoms with E-state index in [9.17, 15) is 9.59 Å². The molecule has 0 unspecified atom stereocenters. The lowest BCUT2D eigenvalue weighted by Gasteiger charge is -2.05. The number of methoxy groups -OCH3 is 4. The molecule has 2 heterocycles. The third-order valence-corrected chi connectivity index (χ3v) is 7.16. The van der Waals surface area contributed by atoms with Crippen molar-refractivity contribution in [3.8, 4) is 11.5 Å². The number of benzene rings is 2. The molecule has 8 nitrogen and oxygen atoms in total. The fourth-order valence-electron chi connectivity index (χ4n) is 3.21. The zero-order valence-corrected chi connectivity index (χ0v) is 20.4. The van der Waals surface area contributed by atoms with Crippen LogP contribution in [0.3, 0.4) is 0 Å². The highest BCUT2D eigenvalue weighted by Crippen LogP contribution is 2.43. The van der Waals surface area contributed by atoms with Crippen LogP contribution in [-0.2, 0) is 9.47 Å². The number of aliphatic imine (C=N–C) groups is 2. The van der Waals surface area contributed by atoms with E-state index in [1.807, 2.05) is 12.1 Å². The molecule has 2 aromatic carbocycles. The van der Waals surface area contributed by atoms with Gasteiger partial charge in [-0.2, -0.15) is 0 Å². The monoisotopic (exact) mass is 496 g/mol. The van der Waals surface area contributed by atoms with E-state index < -0.39 is 11.9 Å². The van der Waals surface area contributed by atoms with E-state index in [1.54, 1.807) is 50.6 Å². The van der Waals surface area contributed by atoms with E-state index in [0.29, 0.717) is 43.4 Å². The highest BCUT2D eigenvalue weighted by atomic mass is 32.2. The molecule has 0 amide bonds. The summed E-state index contributed by atoms with van der Waals surface area (Å²) in [5.74, 6) is 0.135. The minimum atomic E-state index is -0.647. The van der Waals surface area contributed by atoms with Crippen molar-refractivity contribution in [3.05, 3.63) is 69.4 Å². The molecule has 0 atom stereocenters. The molecule has 1 aliphatic rings. The average Bonchev–Trinajstić information content (AvgIpc) is 3.42. The highest BCUT2D eigenvalue weighted by Gasteiger charge is 2.38. The summed E-state index contributed by atoms with van der Waals surface area (Å²) < 4.78 is 20.3. The van der Waals surface area contributed by atoms with Crippen molar-refractivity contribution in [2.75, 3.05) is 28.4 Å². The van der Waals surface area contributed by atoms with Gasteiger partial charge in [-0.15, -0.1) is 11.3 Å². The van der Waals surface area contributed by atoms with Gasteiger partial charge >= 0.3 is 11.9 Å². The zero-order chi connectivity index (χ0) is 24.2. The maximum absolute atomic E-state index is 12.7. The number of nitrogens with zero attached hydrogens (tertiary/aromatic N) is 2. The number of rotatable bonds is 6. The maximum Gasteiger partial charge on any atom is 0.348 e. The number of thioether (sulfide) groups is 1. The van der Waals surface area contributed by atoms with Crippen LogP contribution in [0.2, 0.25) is 0 Å². The molecule has 4 rings (SSSR count). The zero-order valence-electron chi connectivity index (χ0n) is 18.8. The van der Waals surface area contributed by atoms with Gasteiger partial charge in [0.2, 0.25) is 0 Å². The van der Waals surface area contributed by atoms with Crippen LogP contribution in [0.4, 0.5) is 11.4 Å². The van der Waals surface area contributed by atoms with Crippen molar-refractivity contribution in [1.29, 1.82) is 0 Å². The van der Waals surface area contributed by atoms with Crippen LogP contribution in [0, 0.1) is 0 Å². The first-order valence-electron chi connectivity index (χ1n) is 9.96. The molecule has 0 saturated heterocycles. The number of esters is 2. The molecule has 10 heteroatoms. The molecule has 0 fully saturated rings. The van der Waals surface area contributed by atoms with Crippen LogP contribution in [0.15, 0.2) is 58.5 Å². The summed E-state index contributed by atoms with van der Waals surface area (Å²) in [6.45, 7) is 0. The summed E-state index contributed by atoms with van der Waals surface area (Å²) in [5, 5.41) is 1.14. The highest BCUT2D eigenvalue weighted by molar-refractivity contribution is 8.28. The van der Waals surface area contributed by atoms with Crippen molar-refractivity contribution in [3.63, 3.8) is 0 Å². The molecule has 1 aromatic heterocycles. The van der Waals surface area contributed by atoms with Crippen LogP contribution >= 0.6 is 23.1 Å². The fraction of sp³-hybridized carbons (Fsp3) is 0.167. The normalized spacial score (nSPS) is 14.7. The Morgan fingerprint density at radius 2 is 1.21 bits per heavy atom. The SMILES string of the molecule is COC(=O)c1sc2c(c1C(=O)OC)C(=Nc1ccc(OC)cc1)SC2=Nc1ccc(OC)cc1. The number of hydrogen-bond acceptors (Lipinski definition) is 10. The minimum Gasteiger partial charge on any atom is -0.497 e. The van der Waals surface area contributed by atoms with Crippen molar-refractivity contribution < 1.29 is 28.5 Å². The second-order valence-electron chi connectivity index (χ2n) is 6.83. The molecule has 0 saturated carbocycles. The number of carbonyl (C=O) groups excluding carboxylic acids is 2.